The van der Waals surface area contributed by atoms with Crippen LogP contribution in [0.15, 0.2) is 6.33 Å². The molecule has 1 aliphatic rings. The van der Waals surface area contributed by atoms with Crippen molar-refractivity contribution in [2.45, 2.75) is 78.3 Å². The van der Waals surface area contributed by atoms with Gasteiger partial charge >= 0.3 is 0 Å². The monoisotopic (exact) mass is 292 g/mol. The van der Waals surface area contributed by atoms with Crippen molar-refractivity contribution in [2.24, 2.45) is 23.5 Å². The molecule has 21 heavy (non-hydrogen) atoms. The highest BCUT2D eigenvalue weighted by Crippen LogP contribution is 2.36. The largest absolute Gasteiger partial charge is 0.325 e. The summed E-state index contributed by atoms with van der Waals surface area (Å²) in [6, 6.07) is 0. The predicted molar refractivity (Wildman–Crippen MR) is 86.9 cm³/mol. The molecular weight excluding hydrogens is 260 g/mol. The van der Waals surface area contributed by atoms with E-state index in [2.05, 4.69) is 37.8 Å². The van der Waals surface area contributed by atoms with E-state index in [-0.39, 0.29) is 5.54 Å². The lowest BCUT2D eigenvalue weighted by Crippen LogP contribution is -2.47. The van der Waals surface area contributed by atoms with Gasteiger partial charge in [0.2, 0.25) is 0 Å². The average Bonchev–Trinajstić information content (AvgIpc) is 2.74. The first-order valence-corrected chi connectivity index (χ1v) is 8.53. The van der Waals surface area contributed by atoms with E-state index in [4.69, 9.17) is 5.73 Å². The van der Waals surface area contributed by atoms with Gasteiger partial charge in [-0.3, -0.25) is 0 Å². The Kier molecular flexibility index (Phi) is 5.42. The Morgan fingerprint density at radius 3 is 2.76 bits per heavy atom. The van der Waals surface area contributed by atoms with Crippen molar-refractivity contribution in [3.63, 3.8) is 0 Å². The zero-order chi connectivity index (χ0) is 15.5. The lowest BCUT2D eigenvalue weighted by atomic mass is 9.72. The van der Waals surface area contributed by atoms with Gasteiger partial charge in [0.1, 0.15) is 12.2 Å². The summed E-state index contributed by atoms with van der Waals surface area (Å²) < 4.78 is 2.05. The predicted octanol–water partition coefficient (Wildman–Crippen LogP) is 3.41. The molecule has 120 valence electrons. The van der Waals surface area contributed by atoms with Gasteiger partial charge in [-0.1, -0.05) is 40.5 Å². The average molecular weight is 292 g/mol. The number of hydrogen-bond acceptors (Lipinski definition) is 3. The fourth-order valence-electron chi connectivity index (χ4n) is 3.79. The number of aromatic nitrogens is 3. The van der Waals surface area contributed by atoms with Crippen LogP contribution in [-0.2, 0) is 13.0 Å². The molecule has 2 unspecified atom stereocenters. The highest BCUT2D eigenvalue weighted by atomic mass is 15.3. The van der Waals surface area contributed by atoms with Crippen LogP contribution in [-0.4, -0.2) is 20.3 Å². The molecule has 1 aromatic rings. The Balaban J connectivity index is 2.02. The molecule has 0 aliphatic heterocycles. The Hall–Kier alpha value is -0.900. The molecule has 1 saturated carbocycles. The van der Waals surface area contributed by atoms with Crippen LogP contribution in [0.1, 0.15) is 65.6 Å². The van der Waals surface area contributed by atoms with Crippen LogP contribution in [0.5, 0.6) is 0 Å². The van der Waals surface area contributed by atoms with Crippen LogP contribution in [0.3, 0.4) is 0 Å². The van der Waals surface area contributed by atoms with Crippen LogP contribution in [0.4, 0.5) is 0 Å². The Labute approximate surface area is 129 Å². The molecule has 0 amide bonds. The summed E-state index contributed by atoms with van der Waals surface area (Å²) in [6.45, 7) is 9.98. The second kappa shape index (κ2) is 6.91. The summed E-state index contributed by atoms with van der Waals surface area (Å²) >= 11 is 0. The second-order valence-corrected chi connectivity index (χ2v) is 7.88. The van der Waals surface area contributed by atoms with E-state index >= 15 is 0 Å². The van der Waals surface area contributed by atoms with Crippen LogP contribution >= 0.6 is 0 Å². The van der Waals surface area contributed by atoms with Gasteiger partial charge in [0.05, 0.1) is 0 Å². The molecule has 4 heteroatoms. The lowest BCUT2D eigenvalue weighted by Gasteiger charge is -2.38. The van der Waals surface area contributed by atoms with Crippen molar-refractivity contribution in [1.29, 1.82) is 0 Å². The highest BCUT2D eigenvalue weighted by Gasteiger charge is 2.34. The SMILES string of the molecule is CC(C)CC1CCCC(N)(Cc2ncnn2CC(C)C)C1. The molecule has 1 fully saturated rings. The zero-order valence-electron chi connectivity index (χ0n) is 14.2. The molecule has 0 spiro atoms. The third-order valence-corrected chi connectivity index (χ3v) is 4.53. The second-order valence-electron chi connectivity index (χ2n) is 7.88. The highest BCUT2D eigenvalue weighted by molar-refractivity contribution is 5.00. The van der Waals surface area contributed by atoms with E-state index in [1.165, 1.54) is 19.3 Å². The minimum atomic E-state index is -0.0838. The first-order chi connectivity index (χ1) is 9.88. The van der Waals surface area contributed by atoms with Crippen LogP contribution in [0, 0.1) is 17.8 Å². The minimum absolute atomic E-state index is 0.0838. The summed E-state index contributed by atoms with van der Waals surface area (Å²) in [7, 11) is 0. The van der Waals surface area contributed by atoms with Crippen molar-refractivity contribution in [1.82, 2.24) is 14.8 Å². The van der Waals surface area contributed by atoms with Crippen LogP contribution < -0.4 is 5.73 Å². The van der Waals surface area contributed by atoms with Gasteiger partial charge in [0.15, 0.2) is 0 Å². The zero-order valence-corrected chi connectivity index (χ0v) is 14.2. The maximum atomic E-state index is 6.73. The molecular formula is C17H32N4. The standard InChI is InChI=1S/C17H32N4/c1-13(2)8-15-6-5-7-17(18,9-15)10-16-19-12-20-21(16)11-14(3)4/h12-15H,5-11,18H2,1-4H3. The Bertz CT molecular complexity index is 438. The minimum Gasteiger partial charge on any atom is -0.325 e. The summed E-state index contributed by atoms with van der Waals surface area (Å²) in [5.74, 6) is 3.20. The Morgan fingerprint density at radius 1 is 1.33 bits per heavy atom. The molecule has 0 bridgehead atoms. The molecule has 0 saturated heterocycles. The molecule has 4 nitrogen and oxygen atoms in total. The fourth-order valence-corrected chi connectivity index (χ4v) is 3.79. The summed E-state index contributed by atoms with van der Waals surface area (Å²) in [5, 5.41) is 4.37. The summed E-state index contributed by atoms with van der Waals surface area (Å²) in [5.41, 5.74) is 6.65. The van der Waals surface area contributed by atoms with Crippen molar-refractivity contribution < 1.29 is 0 Å². The van der Waals surface area contributed by atoms with Crippen molar-refractivity contribution >= 4 is 0 Å². The van der Waals surface area contributed by atoms with E-state index in [1.807, 2.05) is 4.68 Å². The molecule has 0 radical (unpaired) electrons. The molecule has 1 heterocycles. The van der Waals surface area contributed by atoms with E-state index in [0.29, 0.717) is 5.92 Å². The number of nitrogens with zero attached hydrogens (tertiary/aromatic N) is 3. The summed E-state index contributed by atoms with van der Waals surface area (Å²) in [4.78, 5) is 4.47. The molecule has 0 aromatic carbocycles. The molecule has 2 atom stereocenters. The maximum absolute atomic E-state index is 6.73. The number of nitrogens with two attached hydrogens (primary N) is 1. The normalized spacial score (nSPS) is 26.7. The van der Waals surface area contributed by atoms with Gasteiger partial charge in [-0.25, -0.2) is 9.67 Å². The maximum Gasteiger partial charge on any atom is 0.138 e. The van der Waals surface area contributed by atoms with Gasteiger partial charge in [0.25, 0.3) is 0 Å². The van der Waals surface area contributed by atoms with E-state index in [9.17, 15) is 0 Å². The summed E-state index contributed by atoms with van der Waals surface area (Å²) in [6.07, 6.45) is 8.71. The molecule has 1 aromatic heterocycles. The smallest absolute Gasteiger partial charge is 0.138 e. The molecule has 2 rings (SSSR count). The third kappa shape index (κ3) is 4.80. The first-order valence-electron chi connectivity index (χ1n) is 8.53. The van der Waals surface area contributed by atoms with E-state index in [0.717, 1.165) is 43.5 Å². The molecule has 1 aliphatic carbocycles. The van der Waals surface area contributed by atoms with Crippen molar-refractivity contribution in [3.8, 4) is 0 Å². The van der Waals surface area contributed by atoms with Crippen molar-refractivity contribution in [2.75, 3.05) is 0 Å². The topological polar surface area (TPSA) is 56.7 Å². The van der Waals surface area contributed by atoms with Crippen LogP contribution in [0.25, 0.3) is 0 Å². The van der Waals surface area contributed by atoms with E-state index < -0.39 is 0 Å². The number of hydrogen-bond donors (Lipinski definition) is 1. The Morgan fingerprint density at radius 2 is 2.10 bits per heavy atom. The fraction of sp³-hybridized carbons (Fsp3) is 0.882. The third-order valence-electron chi connectivity index (χ3n) is 4.53. The van der Waals surface area contributed by atoms with Crippen LogP contribution in [0.2, 0.25) is 0 Å². The lowest BCUT2D eigenvalue weighted by molar-refractivity contribution is 0.196. The van der Waals surface area contributed by atoms with Gasteiger partial charge < -0.3 is 5.73 Å². The first kappa shape index (κ1) is 16.5. The quantitative estimate of drug-likeness (QED) is 0.874. The van der Waals surface area contributed by atoms with Gasteiger partial charge in [-0.15, -0.1) is 0 Å². The van der Waals surface area contributed by atoms with Gasteiger partial charge in [-0.05, 0) is 37.0 Å². The van der Waals surface area contributed by atoms with Crippen molar-refractivity contribution in [3.05, 3.63) is 12.2 Å². The van der Waals surface area contributed by atoms with Gasteiger partial charge in [-0.2, -0.15) is 5.10 Å². The number of rotatable bonds is 6. The van der Waals surface area contributed by atoms with Gasteiger partial charge in [0, 0.05) is 18.5 Å². The molecule has 2 N–H and O–H groups in total. The van der Waals surface area contributed by atoms with E-state index in [1.54, 1.807) is 6.33 Å².